The summed E-state index contributed by atoms with van der Waals surface area (Å²) in [4.78, 5) is 26.5. The van der Waals surface area contributed by atoms with E-state index < -0.39 is 17.7 Å². The minimum atomic E-state index is -0.662. The van der Waals surface area contributed by atoms with Gasteiger partial charge in [-0.2, -0.15) is 0 Å². The second-order valence-electron chi connectivity index (χ2n) is 6.36. The van der Waals surface area contributed by atoms with Gasteiger partial charge >= 0.3 is 0 Å². The highest BCUT2D eigenvalue weighted by Gasteiger charge is 2.33. The number of halogens is 2. The number of hydrogen-bond acceptors (Lipinski definition) is 2. The molecule has 0 aromatic heterocycles. The van der Waals surface area contributed by atoms with Gasteiger partial charge in [0.2, 0.25) is 11.8 Å². The fourth-order valence-electron chi connectivity index (χ4n) is 3.30. The zero-order valence-electron chi connectivity index (χ0n) is 14.5. The van der Waals surface area contributed by atoms with E-state index in [9.17, 15) is 18.4 Å². The lowest BCUT2D eigenvalue weighted by molar-refractivity contribution is -0.141. The molecule has 4 nitrogen and oxygen atoms in total. The molecule has 2 aromatic carbocycles. The van der Waals surface area contributed by atoms with Crippen LogP contribution in [0.5, 0.6) is 0 Å². The van der Waals surface area contributed by atoms with E-state index in [4.69, 9.17) is 0 Å². The molecule has 2 amide bonds. The molecule has 1 atom stereocenters. The summed E-state index contributed by atoms with van der Waals surface area (Å²) >= 11 is 0. The van der Waals surface area contributed by atoms with E-state index in [1.165, 1.54) is 12.1 Å². The van der Waals surface area contributed by atoms with Gasteiger partial charge < -0.3 is 10.2 Å². The molecule has 1 heterocycles. The minimum Gasteiger partial charge on any atom is -0.357 e. The molecule has 0 radical (unpaired) electrons. The Morgan fingerprint density at radius 3 is 2.58 bits per heavy atom. The number of nitrogens with one attached hydrogen (secondary N) is 1. The van der Waals surface area contributed by atoms with Gasteiger partial charge in [0.15, 0.2) is 0 Å². The number of fused-ring (bicyclic) bond motifs is 1. The quantitative estimate of drug-likeness (QED) is 0.913. The monoisotopic (exact) mass is 358 g/mol. The number of amides is 2. The first-order valence-electron chi connectivity index (χ1n) is 8.51. The van der Waals surface area contributed by atoms with Crippen LogP contribution in [0, 0.1) is 11.6 Å². The second kappa shape index (κ2) is 7.64. The Morgan fingerprint density at radius 1 is 1.15 bits per heavy atom. The Hall–Kier alpha value is -2.76. The van der Waals surface area contributed by atoms with E-state index in [0.29, 0.717) is 13.0 Å². The third-order valence-corrected chi connectivity index (χ3v) is 4.74. The lowest BCUT2D eigenvalue weighted by Gasteiger charge is -2.36. The number of benzene rings is 2. The van der Waals surface area contributed by atoms with Gasteiger partial charge in [-0.05, 0) is 29.2 Å². The van der Waals surface area contributed by atoms with E-state index in [0.717, 1.165) is 17.2 Å². The van der Waals surface area contributed by atoms with E-state index in [2.05, 4.69) is 5.32 Å². The first kappa shape index (κ1) is 18.0. The molecule has 0 aliphatic carbocycles. The van der Waals surface area contributed by atoms with Crippen LogP contribution in [0.3, 0.4) is 0 Å². The van der Waals surface area contributed by atoms with Crippen molar-refractivity contribution >= 4 is 11.8 Å². The Bertz CT molecular complexity index is 838. The van der Waals surface area contributed by atoms with Crippen molar-refractivity contribution in [2.45, 2.75) is 31.8 Å². The number of carbonyl (C=O) groups is 2. The summed E-state index contributed by atoms with van der Waals surface area (Å²) in [5.41, 5.74) is 2.34. The van der Waals surface area contributed by atoms with Crippen LogP contribution in [0.2, 0.25) is 0 Å². The highest BCUT2D eigenvalue weighted by atomic mass is 19.1. The molecule has 0 bridgehead atoms. The van der Waals surface area contributed by atoms with Crippen LogP contribution < -0.4 is 5.32 Å². The molecule has 0 unspecified atom stereocenters. The minimum absolute atomic E-state index is 0.0538. The summed E-state index contributed by atoms with van der Waals surface area (Å²) in [5.74, 6) is -1.76. The predicted octanol–water partition coefficient (Wildman–Crippen LogP) is 2.60. The summed E-state index contributed by atoms with van der Waals surface area (Å²) < 4.78 is 26.8. The second-order valence-corrected chi connectivity index (χ2v) is 6.36. The maximum absolute atomic E-state index is 13.8. The van der Waals surface area contributed by atoms with Crippen LogP contribution >= 0.6 is 0 Å². The molecule has 136 valence electrons. The molecule has 1 aliphatic rings. The molecule has 0 fully saturated rings. The summed E-state index contributed by atoms with van der Waals surface area (Å²) in [6, 6.07) is 10.5. The molecule has 0 spiro atoms. The standard InChI is InChI=1S/C20H20F2N2O2/c1-23-20(26)18-10-14-4-2-3-5-15(14)12-24(18)19(25)9-7-13-6-8-16(21)11-17(13)22/h2-6,8,11,18H,7,9-10,12H2,1H3,(H,23,26)/t18-/m0/s1. The van der Waals surface area contributed by atoms with Gasteiger partial charge in [0.1, 0.15) is 17.7 Å². The Morgan fingerprint density at radius 2 is 1.88 bits per heavy atom. The van der Waals surface area contributed by atoms with E-state index in [1.807, 2.05) is 24.3 Å². The van der Waals surface area contributed by atoms with Crippen LogP contribution in [-0.2, 0) is 29.0 Å². The van der Waals surface area contributed by atoms with Gasteiger partial charge in [-0.1, -0.05) is 30.3 Å². The SMILES string of the molecule is CNC(=O)[C@@H]1Cc2ccccc2CN1C(=O)CCc1ccc(F)cc1F. The third-order valence-electron chi connectivity index (χ3n) is 4.74. The average molecular weight is 358 g/mol. The molecule has 2 aromatic rings. The van der Waals surface area contributed by atoms with Crippen molar-refractivity contribution in [3.8, 4) is 0 Å². The largest absolute Gasteiger partial charge is 0.357 e. The van der Waals surface area contributed by atoms with E-state index >= 15 is 0 Å². The molecule has 1 aliphatic heterocycles. The van der Waals surface area contributed by atoms with E-state index in [-0.39, 0.29) is 30.2 Å². The van der Waals surface area contributed by atoms with Crippen molar-refractivity contribution < 1.29 is 18.4 Å². The fourth-order valence-corrected chi connectivity index (χ4v) is 3.30. The van der Waals surface area contributed by atoms with Gasteiger partial charge in [-0.25, -0.2) is 8.78 Å². The molecule has 1 N–H and O–H groups in total. The zero-order chi connectivity index (χ0) is 18.7. The van der Waals surface area contributed by atoms with Crippen molar-refractivity contribution in [1.82, 2.24) is 10.2 Å². The molecule has 6 heteroatoms. The Kier molecular flexibility index (Phi) is 5.30. The maximum Gasteiger partial charge on any atom is 0.242 e. The van der Waals surface area contributed by atoms with Crippen LogP contribution in [0.25, 0.3) is 0 Å². The summed E-state index contributed by atoms with van der Waals surface area (Å²) in [6.45, 7) is 0.346. The van der Waals surface area contributed by atoms with Crippen LogP contribution in [0.4, 0.5) is 8.78 Å². The smallest absolute Gasteiger partial charge is 0.242 e. The van der Waals surface area contributed by atoms with Gasteiger partial charge in [-0.15, -0.1) is 0 Å². The number of aryl methyl sites for hydroxylation is 1. The molecule has 0 saturated carbocycles. The summed E-state index contributed by atoms with van der Waals surface area (Å²) in [6.07, 6.45) is 0.661. The van der Waals surface area contributed by atoms with Crippen LogP contribution in [0.15, 0.2) is 42.5 Å². The van der Waals surface area contributed by atoms with Gasteiger partial charge in [-0.3, -0.25) is 9.59 Å². The van der Waals surface area contributed by atoms with Gasteiger partial charge in [0, 0.05) is 32.5 Å². The van der Waals surface area contributed by atoms with Crippen molar-refractivity contribution in [2.24, 2.45) is 0 Å². The lowest BCUT2D eigenvalue weighted by Crippen LogP contribution is -2.52. The predicted molar refractivity (Wildman–Crippen MR) is 93.2 cm³/mol. The number of nitrogens with zero attached hydrogens (tertiary/aromatic N) is 1. The topological polar surface area (TPSA) is 49.4 Å². The lowest BCUT2D eigenvalue weighted by atomic mass is 9.93. The number of likely N-dealkylation sites (N-methyl/N-ethyl adjacent to an activating group) is 1. The highest BCUT2D eigenvalue weighted by Crippen LogP contribution is 2.24. The third kappa shape index (κ3) is 3.74. The van der Waals surface area contributed by atoms with Crippen LogP contribution in [0.1, 0.15) is 23.1 Å². The number of hydrogen-bond donors (Lipinski definition) is 1. The fraction of sp³-hybridized carbons (Fsp3) is 0.300. The van der Waals surface area contributed by atoms with Crippen molar-refractivity contribution in [2.75, 3.05) is 7.05 Å². The highest BCUT2D eigenvalue weighted by molar-refractivity contribution is 5.88. The van der Waals surface area contributed by atoms with Crippen LogP contribution in [-0.4, -0.2) is 29.8 Å². The van der Waals surface area contributed by atoms with E-state index in [1.54, 1.807) is 11.9 Å². The number of carbonyl (C=O) groups excluding carboxylic acids is 2. The first-order chi connectivity index (χ1) is 12.5. The first-order valence-corrected chi connectivity index (χ1v) is 8.51. The van der Waals surface area contributed by atoms with Gasteiger partial charge in [0.05, 0.1) is 0 Å². The maximum atomic E-state index is 13.8. The van der Waals surface area contributed by atoms with Crippen molar-refractivity contribution in [3.63, 3.8) is 0 Å². The van der Waals surface area contributed by atoms with Gasteiger partial charge in [0.25, 0.3) is 0 Å². The van der Waals surface area contributed by atoms with Crippen molar-refractivity contribution in [3.05, 3.63) is 70.8 Å². The van der Waals surface area contributed by atoms with Crippen molar-refractivity contribution in [1.29, 1.82) is 0 Å². The molecule has 3 rings (SSSR count). The normalized spacial score (nSPS) is 16.1. The molecule has 26 heavy (non-hydrogen) atoms. The molecule has 0 saturated heterocycles. The molecular weight excluding hydrogens is 338 g/mol. The average Bonchev–Trinajstić information content (AvgIpc) is 2.65. The molecular formula is C20H20F2N2O2. The number of rotatable bonds is 4. The Labute approximate surface area is 150 Å². The Balaban J connectivity index is 1.76. The summed E-state index contributed by atoms with van der Waals surface area (Å²) in [5, 5.41) is 2.60. The zero-order valence-corrected chi connectivity index (χ0v) is 14.5. The summed E-state index contributed by atoms with van der Waals surface area (Å²) in [7, 11) is 1.54.